The number of carboxylic acid groups (broad SMARTS) is 1. The Bertz CT molecular complexity index is 465. The minimum Gasteiger partial charge on any atom is -0.481 e. The molecule has 18 heavy (non-hydrogen) atoms. The number of hydrogen-bond donors (Lipinski definition) is 2. The lowest BCUT2D eigenvalue weighted by Gasteiger charge is -2.11. The largest absolute Gasteiger partial charge is 0.481 e. The Hall–Kier alpha value is -1.62. The van der Waals surface area contributed by atoms with E-state index < -0.39 is 23.6 Å². The van der Waals surface area contributed by atoms with Gasteiger partial charge in [0.1, 0.15) is 5.82 Å². The van der Waals surface area contributed by atoms with Crippen LogP contribution >= 0.6 is 11.6 Å². The van der Waals surface area contributed by atoms with Crippen LogP contribution in [-0.2, 0) is 4.79 Å². The number of amides is 1. The monoisotopic (exact) mass is 273 g/mol. The van der Waals surface area contributed by atoms with Crippen molar-refractivity contribution in [2.24, 2.45) is 5.92 Å². The second kappa shape index (κ2) is 6.35. The van der Waals surface area contributed by atoms with Crippen molar-refractivity contribution in [1.29, 1.82) is 0 Å². The van der Waals surface area contributed by atoms with Crippen molar-refractivity contribution < 1.29 is 19.1 Å². The smallest absolute Gasteiger partial charge is 0.308 e. The van der Waals surface area contributed by atoms with Gasteiger partial charge in [-0.1, -0.05) is 18.5 Å². The third kappa shape index (κ3) is 3.70. The lowest BCUT2D eigenvalue weighted by atomic mass is 10.1. The van der Waals surface area contributed by atoms with Crippen molar-refractivity contribution in [3.63, 3.8) is 0 Å². The highest BCUT2D eigenvalue weighted by Crippen LogP contribution is 2.17. The minimum absolute atomic E-state index is 0.00382. The van der Waals surface area contributed by atoms with Crippen molar-refractivity contribution in [2.45, 2.75) is 13.3 Å². The summed E-state index contributed by atoms with van der Waals surface area (Å²) in [4.78, 5) is 22.5. The topological polar surface area (TPSA) is 66.4 Å². The standard InChI is InChI=1S/C12H13ClFNO3/c1-2-7(12(17)18)6-15-11(16)9-4-3-8(14)5-10(9)13/h3-5,7H,2,6H2,1H3,(H,15,16)(H,17,18). The number of rotatable bonds is 5. The molecular weight excluding hydrogens is 261 g/mol. The van der Waals surface area contributed by atoms with Gasteiger partial charge < -0.3 is 10.4 Å². The van der Waals surface area contributed by atoms with Gasteiger partial charge in [0.2, 0.25) is 0 Å². The zero-order chi connectivity index (χ0) is 13.7. The Morgan fingerprint density at radius 3 is 2.67 bits per heavy atom. The minimum atomic E-state index is -0.969. The number of carbonyl (C=O) groups is 2. The summed E-state index contributed by atoms with van der Waals surface area (Å²) < 4.78 is 12.8. The Morgan fingerprint density at radius 2 is 2.17 bits per heavy atom. The molecule has 0 aliphatic heterocycles. The van der Waals surface area contributed by atoms with Gasteiger partial charge in [0, 0.05) is 6.54 Å². The first-order valence-corrected chi connectivity index (χ1v) is 5.79. The molecule has 1 unspecified atom stereocenters. The molecule has 1 atom stereocenters. The molecule has 4 nitrogen and oxygen atoms in total. The zero-order valence-corrected chi connectivity index (χ0v) is 10.5. The fraction of sp³-hybridized carbons (Fsp3) is 0.333. The van der Waals surface area contributed by atoms with Crippen molar-refractivity contribution in [1.82, 2.24) is 5.32 Å². The summed E-state index contributed by atoms with van der Waals surface area (Å²) >= 11 is 5.72. The normalized spacial score (nSPS) is 11.9. The first kappa shape index (κ1) is 14.4. The van der Waals surface area contributed by atoms with E-state index in [-0.39, 0.29) is 17.1 Å². The Labute approximate surface area is 109 Å². The van der Waals surface area contributed by atoms with E-state index in [2.05, 4.69) is 5.32 Å². The zero-order valence-electron chi connectivity index (χ0n) is 9.74. The van der Waals surface area contributed by atoms with E-state index in [4.69, 9.17) is 16.7 Å². The number of aliphatic carboxylic acids is 1. The molecule has 0 spiro atoms. The van der Waals surface area contributed by atoms with Gasteiger partial charge in [-0.25, -0.2) is 4.39 Å². The third-order valence-corrected chi connectivity index (χ3v) is 2.84. The molecule has 2 N–H and O–H groups in total. The second-order valence-corrected chi connectivity index (χ2v) is 4.18. The average Bonchev–Trinajstić information content (AvgIpc) is 2.28. The van der Waals surface area contributed by atoms with Crippen molar-refractivity contribution in [2.75, 3.05) is 6.54 Å². The van der Waals surface area contributed by atoms with Crippen LogP contribution in [0.3, 0.4) is 0 Å². The number of carbonyl (C=O) groups excluding carboxylic acids is 1. The molecule has 0 heterocycles. The Balaban J connectivity index is 2.68. The van der Waals surface area contributed by atoms with E-state index in [0.717, 1.165) is 12.1 Å². The predicted octanol–water partition coefficient (Wildman–Crippen LogP) is 2.32. The maximum Gasteiger partial charge on any atom is 0.308 e. The molecule has 98 valence electrons. The molecule has 1 aromatic rings. The third-order valence-electron chi connectivity index (χ3n) is 2.53. The highest BCUT2D eigenvalue weighted by atomic mass is 35.5. The maximum atomic E-state index is 12.8. The number of carboxylic acids is 1. The SMILES string of the molecule is CCC(CNC(=O)c1ccc(F)cc1Cl)C(=O)O. The average molecular weight is 274 g/mol. The lowest BCUT2D eigenvalue weighted by Crippen LogP contribution is -2.32. The molecule has 0 aliphatic carbocycles. The molecule has 0 bridgehead atoms. The van der Waals surface area contributed by atoms with Gasteiger partial charge in [0.25, 0.3) is 5.91 Å². The summed E-state index contributed by atoms with van der Waals surface area (Å²) in [6, 6.07) is 3.41. The maximum absolute atomic E-state index is 12.8. The van der Waals surface area contributed by atoms with E-state index in [9.17, 15) is 14.0 Å². The van der Waals surface area contributed by atoms with Crippen LogP contribution in [0.15, 0.2) is 18.2 Å². The number of benzene rings is 1. The number of hydrogen-bond acceptors (Lipinski definition) is 2. The molecule has 1 rings (SSSR count). The summed E-state index contributed by atoms with van der Waals surface area (Å²) in [7, 11) is 0. The highest BCUT2D eigenvalue weighted by molar-refractivity contribution is 6.33. The van der Waals surface area contributed by atoms with E-state index in [1.54, 1.807) is 6.92 Å². The van der Waals surface area contributed by atoms with Gasteiger partial charge in [-0.2, -0.15) is 0 Å². The molecule has 0 radical (unpaired) electrons. The molecule has 6 heteroatoms. The Morgan fingerprint density at radius 1 is 1.50 bits per heavy atom. The molecule has 1 aromatic carbocycles. The molecule has 0 aromatic heterocycles. The van der Waals surface area contributed by atoms with Gasteiger partial charge in [-0.05, 0) is 24.6 Å². The first-order chi connectivity index (χ1) is 8.45. The van der Waals surface area contributed by atoms with Gasteiger partial charge >= 0.3 is 5.97 Å². The molecular formula is C12H13ClFNO3. The van der Waals surface area contributed by atoms with E-state index in [0.29, 0.717) is 6.42 Å². The van der Waals surface area contributed by atoms with E-state index in [1.807, 2.05) is 0 Å². The van der Waals surface area contributed by atoms with Gasteiger partial charge in [-0.15, -0.1) is 0 Å². The lowest BCUT2D eigenvalue weighted by molar-refractivity contribution is -0.141. The summed E-state index contributed by atoms with van der Waals surface area (Å²) in [5, 5.41) is 11.3. The number of halogens is 2. The van der Waals surface area contributed by atoms with Gasteiger partial charge in [0.15, 0.2) is 0 Å². The van der Waals surface area contributed by atoms with Crippen LogP contribution in [0.5, 0.6) is 0 Å². The first-order valence-electron chi connectivity index (χ1n) is 5.41. The van der Waals surface area contributed by atoms with E-state index >= 15 is 0 Å². The van der Waals surface area contributed by atoms with Crippen molar-refractivity contribution in [3.8, 4) is 0 Å². The molecule has 0 saturated carbocycles. The van der Waals surface area contributed by atoms with Gasteiger partial charge in [0.05, 0.1) is 16.5 Å². The van der Waals surface area contributed by atoms with Crippen LogP contribution in [0, 0.1) is 11.7 Å². The molecule has 0 aliphatic rings. The second-order valence-electron chi connectivity index (χ2n) is 3.78. The fourth-order valence-corrected chi connectivity index (χ4v) is 1.64. The van der Waals surface area contributed by atoms with Crippen LogP contribution in [0.4, 0.5) is 4.39 Å². The molecule has 0 fully saturated rings. The quantitative estimate of drug-likeness (QED) is 0.865. The van der Waals surface area contributed by atoms with Crippen molar-refractivity contribution >= 4 is 23.5 Å². The van der Waals surface area contributed by atoms with Crippen LogP contribution in [0.2, 0.25) is 5.02 Å². The predicted molar refractivity (Wildman–Crippen MR) is 65.2 cm³/mol. The van der Waals surface area contributed by atoms with Crippen LogP contribution in [-0.4, -0.2) is 23.5 Å². The summed E-state index contributed by atoms with van der Waals surface area (Å²) in [5.74, 6) is -2.66. The van der Waals surface area contributed by atoms with Gasteiger partial charge in [-0.3, -0.25) is 9.59 Å². The summed E-state index contributed by atoms with van der Waals surface area (Å²) in [6.07, 6.45) is 0.409. The Kier molecular flexibility index (Phi) is 5.09. The van der Waals surface area contributed by atoms with Crippen LogP contribution in [0.25, 0.3) is 0 Å². The van der Waals surface area contributed by atoms with E-state index in [1.165, 1.54) is 6.07 Å². The van der Waals surface area contributed by atoms with Crippen molar-refractivity contribution in [3.05, 3.63) is 34.6 Å². The summed E-state index contributed by atoms with van der Waals surface area (Å²) in [5.41, 5.74) is 0.123. The van der Waals surface area contributed by atoms with Crippen LogP contribution in [0.1, 0.15) is 23.7 Å². The molecule has 1 amide bonds. The summed E-state index contributed by atoms with van der Waals surface area (Å²) in [6.45, 7) is 1.73. The fourth-order valence-electron chi connectivity index (χ4n) is 1.39. The van der Waals surface area contributed by atoms with Crippen LogP contribution < -0.4 is 5.32 Å². The number of nitrogens with one attached hydrogen (secondary N) is 1. The highest BCUT2D eigenvalue weighted by Gasteiger charge is 2.17. The molecule has 0 saturated heterocycles.